The number of rotatable bonds is 6. The van der Waals surface area contributed by atoms with Gasteiger partial charge in [0, 0.05) is 11.4 Å². The molecule has 1 aliphatic heterocycles. The molecule has 2 aromatic heterocycles. The smallest absolute Gasteiger partial charge is 0.348 e. The van der Waals surface area contributed by atoms with Crippen LogP contribution in [0.15, 0.2) is 30.3 Å². The Morgan fingerprint density at radius 3 is 2.93 bits per heavy atom. The molecule has 140 valence electrons. The lowest BCUT2D eigenvalue weighted by Crippen LogP contribution is -2.15. The van der Waals surface area contributed by atoms with Crippen LogP contribution in [0.2, 0.25) is 0 Å². The topological polar surface area (TPSA) is 88.4 Å². The van der Waals surface area contributed by atoms with Gasteiger partial charge in [-0.2, -0.15) is 0 Å². The van der Waals surface area contributed by atoms with E-state index in [4.69, 9.17) is 14.2 Å². The Balaban J connectivity index is 1.44. The maximum Gasteiger partial charge on any atom is 0.348 e. The standard InChI is InChI=1S/C18H18N4O4S/c1-2-7-22-17(19-20-21-22)11-26-18(23)16-6-5-15(27-16)12-3-4-13-14(10-12)25-9-8-24-13/h3-6,10H,2,7-9,11H2,1H3. The average molecular weight is 386 g/mol. The first-order valence-corrected chi connectivity index (χ1v) is 9.48. The van der Waals surface area contributed by atoms with Gasteiger partial charge in [0.1, 0.15) is 18.1 Å². The number of tetrazole rings is 1. The first kappa shape index (κ1) is 17.5. The highest BCUT2D eigenvalue weighted by atomic mass is 32.1. The summed E-state index contributed by atoms with van der Waals surface area (Å²) in [6, 6.07) is 9.42. The van der Waals surface area contributed by atoms with Gasteiger partial charge in [-0.15, -0.1) is 16.4 Å². The van der Waals surface area contributed by atoms with Gasteiger partial charge in [0.2, 0.25) is 0 Å². The Bertz CT molecular complexity index is 952. The maximum absolute atomic E-state index is 12.4. The Labute approximate surface area is 159 Å². The minimum Gasteiger partial charge on any atom is -0.486 e. The summed E-state index contributed by atoms with van der Waals surface area (Å²) in [4.78, 5) is 13.8. The number of fused-ring (bicyclic) bond motifs is 1. The van der Waals surface area contributed by atoms with Crippen molar-refractivity contribution in [2.45, 2.75) is 26.5 Å². The van der Waals surface area contributed by atoms with Crippen molar-refractivity contribution in [3.8, 4) is 21.9 Å². The van der Waals surface area contributed by atoms with Crippen LogP contribution in [0.25, 0.3) is 10.4 Å². The van der Waals surface area contributed by atoms with E-state index >= 15 is 0 Å². The molecule has 0 spiro atoms. The minimum absolute atomic E-state index is 0.0447. The van der Waals surface area contributed by atoms with Crippen molar-refractivity contribution in [3.63, 3.8) is 0 Å². The van der Waals surface area contributed by atoms with E-state index in [1.165, 1.54) is 11.3 Å². The SMILES string of the molecule is CCCn1nnnc1COC(=O)c1ccc(-c2ccc3c(c2)OCCO3)s1. The first-order valence-electron chi connectivity index (χ1n) is 8.66. The van der Waals surface area contributed by atoms with Crippen molar-refractivity contribution in [1.82, 2.24) is 20.2 Å². The Hall–Kier alpha value is -2.94. The molecule has 27 heavy (non-hydrogen) atoms. The summed E-state index contributed by atoms with van der Waals surface area (Å²) in [5, 5.41) is 11.4. The third kappa shape index (κ3) is 3.77. The van der Waals surface area contributed by atoms with Crippen LogP contribution in [-0.2, 0) is 17.9 Å². The van der Waals surface area contributed by atoms with Gasteiger partial charge in [0.15, 0.2) is 23.9 Å². The predicted octanol–water partition coefficient (Wildman–Crippen LogP) is 2.94. The fourth-order valence-electron chi connectivity index (χ4n) is 2.71. The number of aromatic nitrogens is 4. The third-order valence-corrected chi connectivity index (χ3v) is 5.12. The molecule has 1 aromatic carbocycles. The predicted molar refractivity (Wildman–Crippen MR) is 98.0 cm³/mol. The number of hydrogen-bond acceptors (Lipinski definition) is 8. The van der Waals surface area contributed by atoms with Crippen molar-refractivity contribution in [1.29, 1.82) is 0 Å². The summed E-state index contributed by atoms with van der Waals surface area (Å²) in [5.41, 5.74) is 0.968. The molecule has 0 unspecified atom stereocenters. The molecule has 0 radical (unpaired) electrons. The number of benzene rings is 1. The van der Waals surface area contributed by atoms with Gasteiger partial charge in [-0.3, -0.25) is 0 Å². The van der Waals surface area contributed by atoms with Crippen LogP contribution in [0, 0.1) is 0 Å². The first-order chi connectivity index (χ1) is 13.2. The molecule has 0 atom stereocenters. The van der Waals surface area contributed by atoms with Crippen LogP contribution >= 0.6 is 11.3 Å². The zero-order chi connectivity index (χ0) is 18.6. The zero-order valence-corrected chi connectivity index (χ0v) is 15.6. The molecule has 3 aromatic rings. The molecule has 3 heterocycles. The number of aryl methyl sites for hydroxylation is 1. The van der Waals surface area contributed by atoms with Gasteiger partial charge in [0.05, 0.1) is 0 Å². The number of carbonyl (C=O) groups is 1. The van der Waals surface area contributed by atoms with E-state index in [0.29, 0.717) is 30.5 Å². The van der Waals surface area contributed by atoms with Gasteiger partial charge in [-0.1, -0.05) is 6.92 Å². The van der Waals surface area contributed by atoms with E-state index in [0.717, 1.165) is 28.4 Å². The number of nitrogens with zero attached hydrogens (tertiary/aromatic N) is 4. The fraction of sp³-hybridized carbons (Fsp3) is 0.333. The van der Waals surface area contributed by atoms with Crippen molar-refractivity contribution >= 4 is 17.3 Å². The Morgan fingerprint density at radius 1 is 1.22 bits per heavy atom. The lowest BCUT2D eigenvalue weighted by molar-refractivity contribution is 0.0462. The Morgan fingerprint density at radius 2 is 2.07 bits per heavy atom. The molecule has 0 saturated heterocycles. The van der Waals surface area contributed by atoms with E-state index in [-0.39, 0.29) is 6.61 Å². The minimum atomic E-state index is -0.394. The molecule has 0 amide bonds. The number of esters is 1. The van der Waals surface area contributed by atoms with E-state index in [2.05, 4.69) is 15.5 Å². The monoisotopic (exact) mass is 386 g/mol. The van der Waals surface area contributed by atoms with Crippen LogP contribution in [-0.4, -0.2) is 39.4 Å². The normalized spacial score (nSPS) is 12.8. The molecular formula is C18H18N4O4S. The van der Waals surface area contributed by atoms with Gasteiger partial charge in [0.25, 0.3) is 0 Å². The van der Waals surface area contributed by atoms with Crippen LogP contribution in [0.4, 0.5) is 0 Å². The number of carbonyl (C=O) groups excluding carboxylic acids is 1. The molecule has 0 aliphatic carbocycles. The number of hydrogen-bond donors (Lipinski definition) is 0. The second-order valence-corrected chi connectivity index (χ2v) is 7.00. The fourth-order valence-corrected chi connectivity index (χ4v) is 3.61. The van der Waals surface area contributed by atoms with Crippen molar-refractivity contribution in [2.24, 2.45) is 0 Å². The van der Waals surface area contributed by atoms with Crippen molar-refractivity contribution < 1.29 is 19.0 Å². The summed E-state index contributed by atoms with van der Waals surface area (Å²) in [5.74, 6) is 1.61. The molecule has 0 N–H and O–H groups in total. The largest absolute Gasteiger partial charge is 0.486 e. The van der Waals surface area contributed by atoms with Crippen LogP contribution in [0.3, 0.4) is 0 Å². The highest BCUT2D eigenvalue weighted by Crippen LogP contribution is 2.37. The van der Waals surface area contributed by atoms with Gasteiger partial charge >= 0.3 is 5.97 Å². The maximum atomic E-state index is 12.4. The van der Waals surface area contributed by atoms with Gasteiger partial charge < -0.3 is 14.2 Å². The van der Waals surface area contributed by atoms with Crippen LogP contribution in [0.5, 0.6) is 11.5 Å². The van der Waals surface area contributed by atoms with Crippen LogP contribution in [0.1, 0.15) is 28.8 Å². The summed E-state index contributed by atoms with van der Waals surface area (Å²) < 4.78 is 18.2. The van der Waals surface area contributed by atoms with Gasteiger partial charge in [-0.05, 0) is 52.7 Å². The lowest BCUT2D eigenvalue weighted by atomic mass is 10.1. The molecule has 8 nitrogen and oxygen atoms in total. The third-order valence-electron chi connectivity index (χ3n) is 4.01. The van der Waals surface area contributed by atoms with Crippen molar-refractivity contribution in [2.75, 3.05) is 13.2 Å². The summed E-state index contributed by atoms with van der Waals surface area (Å²) in [7, 11) is 0. The zero-order valence-electron chi connectivity index (χ0n) is 14.8. The quantitative estimate of drug-likeness (QED) is 0.602. The number of thiophene rings is 1. The highest BCUT2D eigenvalue weighted by molar-refractivity contribution is 7.17. The van der Waals surface area contributed by atoms with E-state index in [1.807, 2.05) is 31.2 Å². The van der Waals surface area contributed by atoms with E-state index in [9.17, 15) is 4.79 Å². The molecule has 1 aliphatic rings. The van der Waals surface area contributed by atoms with Gasteiger partial charge in [-0.25, -0.2) is 9.48 Å². The summed E-state index contributed by atoms with van der Waals surface area (Å²) in [6.07, 6.45) is 0.899. The molecule has 0 bridgehead atoms. The molecular weight excluding hydrogens is 368 g/mol. The molecule has 0 saturated carbocycles. The second kappa shape index (κ2) is 7.75. The lowest BCUT2D eigenvalue weighted by Gasteiger charge is -2.18. The van der Waals surface area contributed by atoms with E-state index < -0.39 is 5.97 Å². The molecule has 0 fully saturated rings. The second-order valence-electron chi connectivity index (χ2n) is 5.92. The molecule has 9 heteroatoms. The average Bonchev–Trinajstić information content (AvgIpc) is 3.36. The summed E-state index contributed by atoms with van der Waals surface area (Å²) >= 11 is 1.37. The van der Waals surface area contributed by atoms with Crippen molar-refractivity contribution in [3.05, 3.63) is 41.0 Å². The highest BCUT2D eigenvalue weighted by Gasteiger charge is 2.16. The van der Waals surface area contributed by atoms with E-state index in [1.54, 1.807) is 10.7 Å². The molecule has 4 rings (SSSR count). The van der Waals surface area contributed by atoms with Crippen LogP contribution < -0.4 is 9.47 Å². The summed E-state index contributed by atoms with van der Waals surface area (Å²) in [6.45, 7) is 3.86. The Kier molecular flexibility index (Phi) is 5.01. The number of ether oxygens (including phenoxy) is 3.